The molecule has 1 aliphatic heterocycles. The molecule has 23 heavy (non-hydrogen) atoms. The highest BCUT2D eigenvalue weighted by molar-refractivity contribution is 6.30. The average Bonchev–Trinajstić information content (AvgIpc) is 2.55. The number of halogens is 1. The Morgan fingerprint density at radius 2 is 1.96 bits per heavy atom. The molecule has 0 radical (unpaired) electrons. The molecule has 7 heteroatoms. The van der Waals surface area contributed by atoms with Gasteiger partial charge in [0.15, 0.2) is 11.5 Å². The number of hydrogen-bond donors (Lipinski definition) is 3. The first-order valence-corrected chi connectivity index (χ1v) is 7.30. The summed E-state index contributed by atoms with van der Waals surface area (Å²) in [4.78, 5) is 10.9. The molecule has 0 fully saturated rings. The predicted molar refractivity (Wildman–Crippen MR) is 84.6 cm³/mol. The summed E-state index contributed by atoms with van der Waals surface area (Å²) < 4.78 is 11.1. The molecule has 3 rings (SSSR count). The maximum atomic E-state index is 10.9. The van der Waals surface area contributed by atoms with E-state index in [9.17, 15) is 9.90 Å². The minimum atomic E-state index is -1.23. The Morgan fingerprint density at radius 1 is 1.17 bits per heavy atom. The number of hydrogen-bond acceptors (Lipinski definition) is 4. The summed E-state index contributed by atoms with van der Waals surface area (Å²) in [6, 6.07) is 9.75. The van der Waals surface area contributed by atoms with E-state index in [1.165, 1.54) is 12.1 Å². The lowest BCUT2D eigenvalue weighted by atomic mass is 9.98. The number of amides is 1. The van der Waals surface area contributed by atoms with Crippen molar-refractivity contribution in [3.8, 4) is 11.5 Å². The molecule has 1 aliphatic rings. The number of aliphatic hydroxyl groups excluding tert-OH is 1. The smallest absolute Gasteiger partial charge is 0.409 e. The van der Waals surface area contributed by atoms with Gasteiger partial charge in [-0.3, -0.25) is 5.32 Å². The van der Waals surface area contributed by atoms with Gasteiger partial charge >= 0.3 is 6.09 Å². The predicted octanol–water partition coefficient (Wildman–Crippen LogP) is 3.28. The van der Waals surface area contributed by atoms with Crippen molar-refractivity contribution in [3.63, 3.8) is 0 Å². The summed E-state index contributed by atoms with van der Waals surface area (Å²) in [5, 5.41) is 22.3. The monoisotopic (exact) mass is 335 g/mol. The van der Waals surface area contributed by atoms with Crippen LogP contribution in [0.3, 0.4) is 0 Å². The third-order valence-corrected chi connectivity index (χ3v) is 3.68. The summed E-state index contributed by atoms with van der Waals surface area (Å²) in [5.41, 5.74) is 1.07. The fourth-order valence-corrected chi connectivity index (χ4v) is 2.65. The summed E-state index contributed by atoms with van der Waals surface area (Å²) in [5.74, 6) is 0.995. The van der Waals surface area contributed by atoms with Crippen LogP contribution in [0.1, 0.15) is 17.2 Å². The first-order valence-electron chi connectivity index (χ1n) is 6.92. The van der Waals surface area contributed by atoms with Gasteiger partial charge in [0.1, 0.15) is 19.3 Å². The number of carbonyl (C=O) groups is 1. The number of carboxylic acid groups (broad SMARTS) is 1. The van der Waals surface area contributed by atoms with Gasteiger partial charge in [-0.15, -0.1) is 0 Å². The third kappa shape index (κ3) is 3.18. The maximum absolute atomic E-state index is 10.9. The second-order valence-electron chi connectivity index (χ2n) is 4.94. The Bertz CT molecular complexity index is 749. The quantitative estimate of drug-likeness (QED) is 0.801. The lowest BCUT2D eigenvalue weighted by molar-refractivity contribution is 0.158. The van der Waals surface area contributed by atoms with E-state index in [0.717, 1.165) is 0 Å². The Morgan fingerprint density at radius 3 is 2.74 bits per heavy atom. The van der Waals surface area contributed by atoms with Crippen molar-refractivity contribution in [2.24, 2.45) is 0 Å². The number of anilines is 1. The highest BCUT2D eigenvalue weighted by Gasteiger charge is 2.24. The molecule has 6 nitrogen and oxygen atoms in total. The zero-order valence-electron chi connectivity index (χ0n) is 12.0. The van der Waals surface area contributed by atoms with E-state index >= 15 is 0 Å². The van der Waals surface area contributed by atoms with Gasteiger partial charge in [-0.05, 0) is 24.3 Å². The number of rotatable bonds is 3. The molecule has 1 amide bonds. The molecule has 0 saturated carbocycles. The van der Waals surface area contributed by atoms with Crippen molar-refractivity contribution in [2.45, 2.75) is 6.10 Å². The van der Waals surface area contributed by atoms with E-state index in [0.29, 0.717) is 40.9 Å². The van der Waals surface area contributed by atoms with Crippen molar-refractivity contribution in [1.29, 1.82) is 0 Å². The standard InChI is InChI=1S/C16H14ClNO5/c17-9-4-5-12(18-16(20)21)11(8-9)14(19)10-2-1-3-13-15(10)23-7-6-22-13/h1-5,8,14,18-19H,6-7H2,(H,20,21). The van der Waals surface area contributed by atoms with Gasteiger partial charge in [0.25, 0.3) is 0 Å². The Balaban J connectivity index is 2.05. The Labute approximate surface area is 137 Å². The zero-order valence-corrected chi connectivity index (χ0v) is 12.7. The molecule has 0 aromatic heterocycles. The largest absolute Gasteiger partial charge is 0.486 e. The number of aliphatic hydroxyl groups is 1. The zero-order chi connectivity index (χ0) is 16.4. The van der Waals surface area contributed by atoms with Crippen molar-refractivity contribution >= 4 is 23.4 Å². The molecule has 2 aromatic carbocycles. The van der Waals surface area contributed by atoms with Crippen LogP contribution >= 0.6 is 11.6 Å². The number of para-hydroxylation sites is 1. The van der Waals surface area contributed by atoms with Gasteiger partial charge in [-0.2, -0.15) is 0 Å². The van der Waals surface area contributed by atoms with Gasteiger partial charge in [-0.25, -0.2) is 4.79 Å². The number of ether oxygens (including phenoxy) is 2. The van der Waals surface area contributed by atoms with Crippen LogP contribution in [0.15, 0.2) is 36.4 Å². The third-order valence-electron chi connectivity index (χ3n) is 3.44. The van der Waals surface area contributed by atoms with E-state index in [1.807, 2.05) is 0 Å². The van der Waals surface area contributed by atoms with Gasteiger partial charge in [0.2, 0.25) is 0 Å². The molecule has 120 valence electrons. The summed E-state index contributed by atoms with van der Waals surface area (Å²) in [7, 11) is 0. The van der Waals surface area contributed by atoms with Crippen LogP contribution in [0, 0.1) is 0 Å². The second-order valence-corrected chi connectivity index (χ2v) is 5.37. The van der Waals surface area contributed by atoms with Crippen LogP contribution in [-0.4, -0.2) is 29.5 Å². The highest BCUT2D eigenvalue weighted by Crippen LogP contribution is 2.41. The van der Waals surface area contributed by atoms with E-state index in [2.05, 4.69) is 5.32 Å². The molecule has 2 aromatic rings. The molecule has 0 aliphatic carbocycles. The maximum Gasteiger partial charge on any atom is 0.409 e. The van der Waals surface area contributed by atoms with Crippen molar-refractivity contribution in [1.82, 2.24) is 0 Å². The Hall–Kier alpha value is -2.44. The average molecular weight is 336 g/mol. The minimum absolute atomic E-state index is 0.253. The molecular weight excluding hydrogens is 322 g/mol. The van der Waals surface area contributed by atoms with Crippen molar-refractivity contribution < 1.29 is 24.5 Å². The molecule has 1 atom stereocenters. The number of nitrogens with one attached hydrogen (secondary N) is 1. The lowest BCUT2D eigenvalue weighted by Crippen LogP contribution is -2.18. The molecule has 1 heterocycles. The molecule has 0 bridgehead atoms. The fourth-order valence-electron chi connectivity index (χ4n) is 2.47. The number of benzene rings is 2. The normalized spacial score (nSPS) is 14.2. The van der Waals surface area contributed by atoms with Crippen LogP contribution in [-0.2, 0) is 0 Å². The number of fused-ring (bicyclic) bond motifs is 1. The lowest BCUT2D eigenvalue weighted by Gasteiger charge is -2.24. The van der Waals surface area contributed by atoms with Crippen LogP contribution in [0.4, 0.5) is 10.5 Å². The van der Waals surface area contributed by atoms with Crippen molar-refractivity contribution in [3.05, 3.63) is 52.5 Å². The van der Waals surface area contributed by atoms with Crippen molar-refractivity contribution in [2.75, 3.05) is 18.5 Å². The van der Waals surface area contributed by atoms with Crippen LogP contribution < -0.4 is 14.8 Å². The van der Waals surface area contributed by atoms with E-state index in [1.54, 1.807) is 24.3 Å². The first-order chi connectivity index (χ1) is 11.1. The van der Waals surface area contributed by atoms with Crippen LogP contribution in [0.25, 0.3) is 0 Å². The van der Waals surface area contributed by atoms with E-state index in [-0.39, 0.29) is 5.69 Å². The van der Waals surface area contributed by atoms with Crippen LogP contribution in [0.2, 0.25) is 5.02 Å². The minimum Gasteiger partial charge on any atom is -0.486 e. The topological polar surface area (TPSA) is 88.0 Å². The fraction of sp³-hybridized carbons (Fsp3) is 0.188. The molecule has 0 spiro atoms. The SMILES string of the molecule is O=C(O)Nc1ccc(Cl)cc1C(O)c1cccc2c1OCCO2. The van der Waals surface area contributed by atoms with Gasteiger partial charge in [0.05, 0.1) is 5.69 Å². The summed E-state index contributed by atoms with van der Waals surface area (Å²) in [6.45, 7) is 0.821. The summed E-state index contributed by atoms with van der Waals surface area (Å²) >= 11 is 5.99. The van der Waals surface area contributed by atoms with Gasteiger partial charge in [-0.1, -0.05) is 23.7 Å². The molecule has 0 saturated heterocycles. The van der Waals surface area contributed by atoms with E-state index < -0.39 is 12.2 Å². The van der Waals surface area contributed by atoms with E-state index in [4.69, 9.17) is 26.2 Å². The second kappa shape index (κ2) is 6.36. The molecular formula is C16H14ClNO5. The molecule has 3 N–H and O–H groups in total. The molecule has 1 unspecified atom stereocenters. The first kappa shape index (κ1) is 15.5. The van der Waals surface area contributed by atoms with Gasteiger partial charge < -0.3 is 19.7 Å². The van der Waals surface area contributed by atoms with Crippen LogP contribution in [0.5, 0.6) is 11.5 Å². The van der Waals surface area contributed by atoms with Gasteiger partial charge in [0, 0.05) is 16.1 Å². The highest BCUT2D eigenvalue weighted by atomic mass is 35.5. The summed E-state index contributed by atoms with van der Waals surface area (Å²) in [6.07, 6.45) is -2.34. The Kier molecular flexibility index (Phi) is 4.27.